The van der Waals surface area contributed by atoms with Crippen molar-refractivity contribution in [3.05, 3.63) is 0 Å². The minimum Gasteiger partial charge on any atom is -0.381 e. The average Bonchev–Trinajstić information content (AvgIpc) is 2.14. The molecule has 0 atom stereocenters. The SMILES string of the molecule is CC1(CNC(=O)C2CCC2)CCOCC1. The largest absolute Gasteiger partial charge is 0.381 e. The molecule has 0 aromatic heterocycles. The van der Waals surface area contributed by atoms with E-state index in [1.54, 1.807) is 0 Å². The highest BCUT2D eigenvalue weighted by molar-refractivity contribution is 5.79. The van der Waals surface area contributed by atoms with E-state index in [-0.39, 0.29) is 11.3 Å². The molecular weight excluding hydrogens is 190 g/mol. The highest BCUT2D eigenvalue weighted by Gasteiger charge is 2.30. The maximum absolute atomic E-state index is 11.7. The summed E-state index contributed by atoms with van der Waals surface area (Å²) in [5, 5.41) is 3.10. The number of ether oxygens (including phenoxy) is 1. The Labute approximate surface area is 91.6 Å². The van der Waals surface area contributed by atoms with E-state index in [2.05, 4.69) is 12.2 Å². The fraction of sp³-hybridized carbons (Fsp3) is 0.917. The second kappa shape index (κ2) is 4.52. The van der Waals surface area contributed by atoms with E-state index in [0.29, 0.717) is 5.92 Å². The molecule has 0 spiro atoms. The molecule has 2 fully saturated rings. The van der Waals surface area contributed by atoms with E-state index in [1.807, 2.05) is 0 Å². The summed E-state index contributed by atoms with van der Waals surface area (Å²) in [5.74, 6) is 0.586. The van der Waals surface area contributed by atoms with Crippen molar-refractivity contribution in [3.63, 3.8) is 0 Å². The maximum atomic E-state index is 11.7. The van der Waals surface area contributed by atoms with Crippen LogP contribution < -0.4 is 5.32 Å². The Kier molecular flexibility index (Phi) is 3.29. The molecule has 1 heterocycles. The van der Waals surface area contributed by atoms with Gasteiger partial charge in [0.25, 0.3) is 0 Å². The molecule has 2 rings (SSSR count). The molecule has 0 aromatic rings. The zero-order chi connectivity index (χ0) is 10.7. The summed E-state index contributed by atoms with van der Waals surface area (Å²) in [5.41, 5.74) is 0.262. The Morgan fingerprint density at radius 3 is 2.60 bits per heavy atom. The molecule has 1 aliphatic heterocycles. The Morgan fingerprint density at radius 1 is 1.40 bits per heavy atom. The van der Waals surface area contributed by atoms with Crippen LogP contribution in [0.1, 0.15) is 39.0 Å². The molecule has 0 radical (unpaired) electrons. The molecule has 15 heavy (non-hydrogen) atoms. The average molecular weight is 211 g/mol. The van der Waals surface area contributed by atoms with Crippen LogP contribution in [0.3, 0.4) is 0 Å². The van der Waals surface area contributed by atoms with Gasteiger partial charge in [0.15, 0.2) is 0 Å². The van der Waals surface area contributed by atoms with Crippen molar-refractivity contribution < 1.29 is 9.53 Å². The number of nitrogens with one attached hydrogen (secondary N) is 1. The van der Waals surface area contributed by atoms with Crippen LogP contribution in [0.15, 0.2) is 0 Å². The molecule has 86 valence electrons. The number of hydrogen-bond acceptors (Lipinski definition) is 2. The Bertz CT molecular complexity index is 230. The van der Waals surface area contributed by atoms with Crippen LogP contribution in [0.5, 0.6) is 0 Å². The predicted octanol–water partition coefficient (Wildman–Crippen LogP) is 1.72. The molecule has 2 aliphatic rings. The predicted molar refractivity (Wildman–Crippen MR) is 58.5 cm³/mol. The molecular formula is C12H21NO2. The highest BCUT2D eigenvalue weighted by Crippen LogP contribution is 2.30. The summed E-state index contributed by atoms with van der Waals surface area (Å²) in [6, 6.07) is 0. The molecule has 1 saturated carbocycles. The third-order valence-corrected chi connectivity index (χ3v) is 3.87. The van der Waals surface area contributed by atoms with Gasteiger partial charge in [0.05, 0.1) is 0 Å². The second-order valence-corrected chi connectivity index (χ2v) is 5.27. The van der Waals surface area contributed by atoms with Crippen molar-refractivity contribution in [1.82, 2.24) is 5.32 Å². The molecule has 0 aromatic carbocycles. The standard InChI is InChI=1S/C12H21NO2/c1-12(5-7-15-8-6-12)9-13-11(14)10-3-2-4-10/h10H,2-9H2,1H3,(H,13,14). The zero-order valence-corrected chi connectivity index (χ0v) is 9.55. The minimum atomic E-state index is 0.262. The molecule has 1 amide bonds. The lowest BCUT2D eigenvalue weighted by Gasteiger charge is -2.34. The van der Waals surface area contributed by atoms with Crippen LogP contribution in [0.25, 0.3) is 0 Å². The number of rotatable bonds is 3. The van der Waals surface area contributed by atoms with Crippen molar-refractivity contribution >= 4 is 5.91 Å². The van der Waals surface area contributed by atoms with Gasteiger partial charge in [-0.3, -0.25) is 4.79 Å². The molecule has 0 unspecified atom stereocenters. The highest BCUT2D eigenvalue weighted by atomic mass is 16.5. The summed E-state index contributed by atoms with van der Waals surface area (Å²) in [6.07, 6.45) is 5.54. The van der Waals surface area contributed by atoms with E-state index < -0.39 is 0 Å². The Hall–Kier alpha value is -0.570. The molecule has 1 aliphatic carbocycles. The van der Waals surface area contributed by atoms with Crippen LogP contribution in [0, 0.1) is 11.3 Å². The van der Waals surface area contributed by atoms with E-state index >= 15 is 0 Å². The third-order valence-electron chi connectivity index (χ3n) is 3.87. The molecule has 1 N–H and O–H groups in total. The van der Waals surface area contributed by atoms with Gasteiger partial charge in [0, 0.05) is 25.7 Å². The lowest BCUT2D eigenvalue weighted by Crippen LogP contribution is -2.42. The maximum Gasteiger partial charge on any atom is 0.223 e. The molecule has 3 heteroatoms. The first-order chi connectivity index (χ1) is 7.20. The van der Waals surface area contributed by atoms with Crippen molar-refractivity contribution in [1.29, 1.82) is 0 Å². The first kappa shape index (κ1) is 10.9. The number of carbonyl (C=O) groups excluding carboxylic acids is 1. The van der Waals surface area contributed by atoms with Gasteiger partial charge >= 0.3 is 0 Å². The topological polar surface area (TPSA) is 38.3 Å². The van der Waals surface area contributed by atoms with Gasteiger partial charge in [-0.05, 0) is 31.1 Å². The summed E-state index contributed by atoms with van der Waals surface area (Å²) < 4.78 is 5.34. The van der Waals surface area contributed by atoms with Gasteiger partial charge in [-0.1, -0.05) is 13.3 Å². The van der Waals surface area contributed by atoms with E-state index in [9.17, 15) is 4.79 Å². The van der Waals surface area contributed by atoms with Crippen LogP contribution in [0.4, 0.5) is 0 Å². The zero-order valence-electron chi connectivity index (χ0n) is 9.55. The number of hydrogen-bond donors (Lipinski definition) is 1. The fourth-order valence-corrected chi connectivity index (χ4v) is 2.16. The van der Waals surface area contributed by atoms with Crippen LogP contribution in [0.2, 0.25) is 0 Å². The van der Waals surface area contributed by atoms with Gasteiger partial charge in [0.2, 0.25) is 5.91 Å². The summed E-state index contributed by atoms with van der Waals surface area (Å²) in [6.45, 7) is 4.76. The van der Waals surface area contributed by atoms with Gasteiger partial charge < -0.3 is 10.1 Å². The van der Waals surface area contributed by atoms with Crippen molar-refractivity contribution in [2.75, 3.05) is 19.8 Å². The van der Waals surface area contributed by atoms with Gasteiger partial charge in [0.1, 0.15) is 0 Å². The van der Waals surface area contributed by atoms with Crippen molar-refractivity contribution in [2.45, 2.75) is 39.0 Å². The third kappa shape index (κ3) is 2.71. The van der Waals surface area contributed by atoms with Crippen LogP contribution in [-0.2, 0) is 9.53 Å². The quantitative estimate of drug-likeness (QED) is 0.772. The van der Waals surface area contributed by atoms with Gasteiger partial charge in [-0.2, -0.15) is 0 Å². The first-order valence-electron chi connectivity index (χ1n) is 6.05. The van der Waals surface area contributed by atoms with E-state index in [0.717, 1.165) is 45.4 Å². The number of carbonyl (C=O) groups is 1. The number of amides is 1. The van der Waals surface area contributed by atoms with Crippen LogP contribution >= 0.6 is 0 Å². The first-order valence-corrected chi connectivity index (χ1v) is 6.05. The van der Waals surface area contributed by atoms with Crippen LogP contribution in [-0.4, -0.2) is 25.7 Å². The summed E-state index contributed by atoms with van der Waals surface area (Å²) in [4.78, 5) is 11.7. The van der Waals surface area contributed by atoms with Crippen molar-refractivity contribution in [3.8, 4) is 0 Å². The Balaban J connectivity index is 1.73. The Morgan fingerprint density at radius 2 is 2.07 bits per heavy atom. The normalized spacial score (nSPS) is 25.7. The van der Waals surface area contributed by atoms with Crippen molar-refractivity contribution in [2.24, 2.45) is 11.3 Å². The minimum absolute atomic E-state index is 0.262. The fourth-order valence-electron chi connectivity index (χ4n) is 2.16. The molecule has 3 nitrogen and oxygen atoms in total. The summed E-state index contributed by atoms with van der Waals surface area (Å²) >= 11 is 0. The van der Waals surface area contributed by atoms with E-state index in [1.165, 1.54) is 6.42 Å². The van der Waals surface area contributed by atoms with Gasteiger partial charge in [-0.25, -0.2) is 0 Å². The second-order valence-electron chi connectivity index (χ2n) is 5.27. The lowest BCUT2D eigenvalue weighted by molar-refractivity contribution is -0.128. The smallest absolute Gasteiger partial charge is 0.223 e. The molecule has 0 bridgehead atoms. The molecule has 1 saturated heterocycles. The van der Waals surface area contributed by atoms with Gasteiger partial charge in [-0.15, -0.1) is 0 Å². The lowest BCUT2D eigenvalue weighted by atomic mass is 9.81. The van der Waals surface area contributed by atoms with E-state index in [4.69, 9.17) is 4.74 Å². The monoisotopic (exact) mass is 211 g/mol. The summed E-state index contributed by atoms with van der Waals surface area (Å²) in [7, 11) is 0.